The fourth-order valence-corrected chi connectivity index (χ4v) is 1.34. The van der Waals surface area contributed by atoms with Crippen LogP contribution in [0.4, 0.5) is 0 Å². The zero-order valence-electron chi connectivity index (χ0n) is 8.83. The van der Waals surface area contributed by atoms with Crippen molar-refractivity contribution in [1.29, 1.82) is 0 Å². The topological polar surface area (TPSA) is 66.5 Å². The highest BCUT2D eigenvalue weighted by Gasteiger charge is 2.23. The molecule has 0 saturated carbocycles. The molecule has 1 aromatic rings. The van der Waals surface area contributed by atoms with E-state index in [1.54, 1.807) is 13.0 Å². The molecule has 0 heterocycles. The van der Waals surface area contributed by atoms with Gasteiger partial charge in [-0.1, -0.05) is 6.07 Å². The lowest BCUT2D eigenvalue weighted by Gasteiger charge is -2.24. The van der Waals surface area contributed by atoms with E-state index in [-0.39, 0.29) is 12.4 Å². The normalized spacial score (nSPS) is 15.2. The second-order valence-corrected chi connectivity index (χ2v) is 4.03. The lowest BCUT2D eigenvalue weighted by molar-refractivity contribution is 0.207. The highest BCUT2D eigenvalue weighted by molar-refractivity contribution is 5.44. The SMILES string of the molecule is Cc1cc(O)c([C@@](C)(N)CO)cc1C. The van der Waals surface area contributed by atoms with Crippen molar-refractivity contribution in [2.24, 2.45) is 5.73 Å². The first-order chi connectivity index (χ1) is 6.38. The minimum atomic E-state index is -0.886. The Balaban J connectivity index is 3.29. The lowest BCUT2D eigenvalue weighted by atomic mass is 9.90. The number of aliphatic hydroxyl groups is 1. The van der Waals surface area contributed by atoms with E-state index >= 15 is 0 Å². The number of aliphatic hydroxyl groups excluding tert-OH is 1. The third kappa shape index (κ3) is 1.89. The molecule has 0 unspecified atom stereocenters. The largest absolute Gasteiger partial charge is 0.508 e. The van der Waals surface area contributed by atoms with Crippen molar-refractivity contribution in [3.63, 3.8) is 0 Å². The Labute approximate surface area is 84.2 Å². The zero-order chi connectivity index (χ0) is 10.9. The molecule has 0 amide bonds. The Kier molecular flexibility index (Phi) is 2.83. The Morgan fingerprint density at radius 1 is 1.29 bits per heavy atom. The smallest absolute Gasteiger partial charge is 0.120 e. The van der Waals surface area contributed by atoms with E-state index in [2.05, 4.69) is 0 Å². The maximum absolute atomic E-state index is 9.69. The van der Waals surface area contributed by atoms with Crippen LogP contribution in [0, 0.1) is 13.8 Å². The summed E-state index contributed by atoms with van der Waals surface area (Å²) in [5.41, 5.74) is 7.62. The van der Waals surface area contributed by atoms with E-state index < -0.39 is 5.54 Å². The number of phenolic OH excluding ortho intramolecular Hbond substituents is 1. The Morgan fingerprint density at radius 3 is 2.29 bits per heavy atom. The molecule has 1 rings (SSSR count). The molecule has 0 radical (unpaired) electrons. The number of benzene rings is 1. The van der Waals surface area contributed by atoms with E-state index in [0.29, 0.717) is 5.56 Å². The van der Waals surface area contributed by atoms with Gasteiger partial charge < -0.3 is 15.9 Å². The van der Waals surface area contributed by atoms with E-state index in [9.17, 15) is 5.11 Å². The van der Waals surface area contributed by atoms with Gasteiger partial charge in [0.2, 0.25) is 0 Å². The first kappa shape index (κ1) is 11.0. The number of nitrogens with two attached hydrogens (primary N) is 1. The highest BCUT2D eigenvalue weighted by atomic mass is 16.3. The summed E-state index contributed by atoms with van der Waals surface area (Å²) in [6.07, 6.45) is 0. The number of aryl methyl sites for hydroxylation is 2. The van der Waals surface area contributed by atoms with Crippen LogP contribution in [0.2, 0.25) is 0 Å². The van der Waals surface area contributed by atoms with Gasteiger partial charge in [0.25, 0.3) is 0 Å². The lowest BCUT2D eigenvalue weighted by Crippen LogP contribution is -2.37. The molecule has 14 heavy (non-hydrogen) atoms. The minimum Gasteiger partial charge on any atom is -0.508 e. The number of hydrogen-bond donors (Lipinski definition) is 3. The van der Waals surface area contributed by atoms with Crippen molar-refractivity contribution in [2.45, 2.75) is 26.3 Å². The average molecular weight is 195 g/mol. The van der Waals surface area contributed by atoms with Crippen molar-refractivity contribution in [1.82, 2.24) is 0 Å². The van der Waals surface area contributed by atoms with Crippen molar-refractivity contribution in [3.8, 4) is 5.75 Å². The van der Waals surface area contributed by atoms with Gasteiger partial charge in [0.15, 0.2) is 0 Å². The van der Waals surface area contributed by atoms with Crippen LogP contribution in [0.3, 0.4) is 0 Å². The molecule has 4 N–H and O–H groups in total. The van der Waals surface area contributed by atoms with Crippen LogP contribution >= 0.6 is 0 Å². The summed E-state index contributed by atoms with van der Waals surface area (Å²) in [6, 6.07) is 3.49. The van der Waals surface area contributed by atoms with Crippen LogP contribution in [0.5, 0.6) is 5.75 Å². The fourth-order valence-electron chi connectivity index (χ4n) is 1.34. The van der Waals surface area contributed by atoms with E-state index in [1.807, 2.05) is 19.9 Å². The van der Waals surface area contributed by atoms with Gasteiger partial charge >= 0.3 is 0 Å². The third-order valence-corrected chi connectivity index (χ3v) is 2.56. The molecule has 0 aromatic heterocycles. The van der Waals surface area contributed by atoms with Gasteiger partial charge in [-0.15, -0.1) is 0 Å². The number of aromatic hydroxyl groups is 1. The Hall–Kier alpha value is -1.06. The number of hydrogen-bond acceptors (Lipinski definition) is 3. The molecule has 0 bridgehead atoms. The second-order valence-electron chi connectivity index (χ2n) is 4.03. The summed E-state index contributed by atoms with van der Waals surface area (Å²) in [5, 5.41) is 18.8. The first-order valence-electron chi connectivity index (χ1n) is 4.59. The molecule has 1 aromatic carbocycles. The molecule has 1 atom stereocenters. The maximum atomic E-state index is 9.69. The fraction of sp³-hybridized carbons (Fsp3) is 0.455. The van der Waals surface area contributed by atoms with Crippen molar-refractivity contribution in [2.75, 3.05) is 6.61 Å². The number of rotatable bonds is 2. The molecule has 3 heteroatoms. The van der Waals surface area contributed by atoms with Crippen molar-refractivity contribution < 1.29 is 10.2 Å². The monoisotopic (exact) mass is 195 g/mol. The van der Waals surface area contributed by atoms with Gasteiger partial charge in [-0.3, -0.25) is 0 Å². The van der Waals surface area contributed by atoms with Crippen LogP contribution in [0.25, 0.3) is 0 Å². The highest BCUT2D eigenvalue weighted by Crippen LogP contribution is 2.29. The van der Waals surface area contributed by atoms with Crippen LogP contribution in [0.15, 0.2) is 12.1 Å². The van der Waals surface area contributed by atoms with E-state index in [4.69, 9.17) is 10.8 Å². The van der Waals surface area contributed by atoms with Gasteiger partial charge in [-0.25, -0.2) is 0 Å². The van der Waals surface area contributed by atoms with Crippen LogP contribution in [-0.4, -0.2) is 16.8 Å². The predicted octanol–water partition coefficient (Wildman–Crippen LogP) is 1.18. The second kappa shape index (κ2) is 3.59. The van der Waals surface area contributed by atoms with E-state index in [0.717, 1.165) is 11.1 Å². The molecule has 0 spiro atoms. The molecular weight excluding hydrogens is 178 g/mol. The molecule has 0 aliphatic heterocycles. The quantitative estimate of drug-likeness (QED) is 0.663. The summed E-state index contributed by atoms with van der Waals surface area (Å²) >= 11 is 0. The van der Waals surface area contributed by atoms with Gasteiger partial charge in [-0.2, -0.15) is 0 Å². The summed E-state index contributed by atoms with van der Waals surface area (Å²) in [4.78, 5) is 0. The van der Waals surface area contributed by atoms with Gasteiger partial charge in [0.05, 0.1) is 12.1 Å². The van der Waals surface area contributed by atoms with Gasteiger partial charge in [0.1, 0.15) is 5.75 Å². The van der Waals surface area contributed by atoms with Crippen molar-refractivity contribution in [3.05, 3.63) is 28.8 Å². The van der Waals surface area contributed by atoms with E-state index in [1.165, 1.54) is 0 Å². The molecule has 0 fully saturated rings. The van der Waals surface area contributed by atoms with Gasteiger partial charge in [-0.05, 0) is 38.0 Å². The average Bonchev–Trinajstić information content (AvgIpc) is 2.11. The maximum Gasteiger partial charge on any atom is 0.120 e. The molecule has 0 saturated heterocycles. The summed E-state index contributed by atoms with van der Waals surface area (Å²) in [7, 11) is 0. The standard InChI is InChI=1S/C11H17NO2/c1-7-4-9(11(3,12)6-13)10(14)5-8(7)2/h4-5,13-14H,6,12H2,1-3H3/t11-/m0/s1. The van der Waals surface area contributed by atoms with Crippen molar-refractivity contribution >= 4 is 0 Å². The zero-order valence-corrected chi connectivity index (χ0v) is 8.83. The summed E-state index contributed by atoms with van der Waals surface area (Å²) in [5.74, 6) is 0.146. The van der Waals surface area contributed by atoms with Crippen LogP contribution < -0.4 is 5.73 Å². The van der Waals surface area contributed by atoms with Crippen LogP contribution in [0.1, 0.15) is 23.6 Å². The molecular formula is C11H17NO2. The predicted molar refractivity (Wildman–Crippen MR) is 56.2 cm³/mol. The van der Waals surface area contributed by atoms with Crippen LogP contribution in [-0.2, 0) is 5.54 Å². The molecule has 78 valence electrons. The Morgan fingerprint density at radius 2 is 1.79 bits per heavy atom. The third-order valence-electron chi connectivity index (χ3n) is 2.56. The molecule has 0 aliphatic carbocycles. The summed E-state index contributed by atoms with van der Waals surface area (Å²) < 4.78 is 0. The first-order valence-corrected chi connectivity index (χ1v) is 4.59. The minimum absolute atomic E-state index is 0.146. The molecule has 0 aliphatic rings. The molecule has 3 nitrogen and oxygen atoms in total. The number of phenols is 1. The summed E-state index contributed by atoms with van der Waals surface area (Å²) in [6.45, 7) is 5.37. The van der Waals surface area contributed by atoms with Gasteiger partial charge in [0, 0.05) is 5.56 Å². The Bertz CT molecular complexity index is 345.